The highest BCUT2D eigenvalue weighted by atomic mass is 14.9. The molecule has 0 aromatic heterocycles. The lowest BCUT2D eigenvalue weighted by atomic mass is 9.86. The van der Waals surface area contributed by atoms with Crippen molar-refractivity contribution in [3.8, 4) is 0 Å². The van der Waals surface area contributed by atoms with Crippen LogP contribution in [0, 0.1) is 5.41 Å². The van der Waals surface area contributed by atoms with Gasteiger partial charge in [0.2, 0.25) is 0 Å². The number of fused-ring (bicyclic) bond motifs is 1. The molecule has 0 aliphatic heterocycles. The Hall–Kier alpha value is -0.820. The summed E-state index contributed by atoms with van der Waals surface area (Å²) in [5.41, 5.74) is 3.53. The molecule has 1 atom stereocenters. The van der Waals surface area contributed by atoms with Crippen LogP contribution in [0.15, 0.2) is 24.3 Å². The molecule has 1 heteroatoms. The van der Waals surface area contributed by atoms with Crippen molar-refractivity contribution >= 4 is 0 Å². The fraction of sp³-hybridized carbons (Fsp3) is 0.700. The molecule has 1 nitrogen and oxygen atoms in total. The number of nitrogens with one attached hydrogen (secondary N) is 1. The summed E-state index contributed by atoms with van der Waals surface area (Å²) < 4.78 is 0. The quantitative estimate of drug-likeness (QED) is 0.504. The molecule has 2 rings (SSSR count). The molecule has 118 valence electrons. The molecule has 1 aromatic rings. The summed E-state index contributed by atoms with van der Waals surface area (Å²) >= 11 is 0. The van der Waals surface area contributed by atoms with Gasteiger partial charge in [0, 0.05) is 12.6 Å². The summed E-state index contributed by atoms with van der Waals surface area (Å²) in [6.45, 7) is 8.25. The molecule has 0 bridgehead atoms. The van der Waals surface area contributed by atoms with Crippen LogP contribution in [-0.4, -0.2) is 6.54 Å². The van der Waals surface area contributed by atoms with Crippen molar-refractivity contribution in [1.29, 1.82) is 0 Å². The molecule has 0 saturated carbocycles. The first-order valence-electron chi connectivity index (χ1n) is 8.93. The van der Waals surface area contributed by atoms with Gasteiger partial charge in [-0.3, -0.25) is 0 Å². The van der Waals surface area contributed by atoms with Crippen molar-refractivity contribution in [2.75, 3.05) is 6.54 Å². The van der Waals surface area contributed by atoms with Gasteiger partial charge in [-0.25, -0.2) is 0 Å². The Kier molecular flexibility index (Phi) is 6.29. The smallest absolute Gasteiger partial charge is 0.0323 e. The van der Waals surface area contributed by atoms with E-state index in [2.05, 4.69) is 50.4 Å². The fourth-order valence-corrected chi connectivity index (χ4v) is 3.47. The molecule has 1 aromatic carbocycles. The third kappa shape index (κ3) is 5.14. The molecule has 0 amide bonds. The highest BCUT2D eigenvalue weighted by molar-refractivity contribution is 5.31. The van der Waals surface area contributed by atoms with Crippen LogP contribution in [0.2, 0.25) is 0 Å². The van der Waals surface area contributed by atoms with E-state index in [1.807, 2.05) is 0 Å². The van der Waals surface area contributed by atoms with Crippen LogP contribution in [0.5, 0.6) is 0 Å². The molecule has 1 aliphatic carbocycles. The van der Waals surface area contributed by atoms with Crippen LogP contribution in [0.25, 0.3) is 0 Å². The van der Waals surface area contributed by atoms with E-state index in [0.29, 0.717) is 11.5 Å². The monoisotopic (exact) mass is 287 g/mol. The van der Waals surface area contributed by atoms with Crippen LogP contribution in [0.1, 0.15) is 82.9 Å². The van der Waals surface area contributed by atoms with Crippen LogP contribution >= 0.6 is 0 Å². The van der Waals surface area contributed by atoms with Gasteiger partial charge in [-0.2, -0.15) is 0 Å². The van der Waals surface area contributed by atoms with Gasteiger partial charge in [0.15, 0.2) is 0 Å². The second-order valence-corrected chi connectivity index (χ2v) is 7.50. The molecule has 1 N–H and O–H groups in total. The minimum Gasteiger partial charge on any atom is -0.309 e. The number of benzene rings is 1. The van der Waals surface area contributed by atoms with Crippen molar-refractivity contribution in [3.05, 3.63) is 35.4 Å². The second-order valence-electron chi connectivity index (χ2n) is 7.50. The summed E-state index contributed by atoms with van der Waals surface area (Å²) in [6.07, 6.45) is 10.6. The molecule has 0 heterocycles. The zero-order chi connectivity index (χ0) is 15.1. The number of hydrogen-bond acceptors (Lipinski definition) is 1. The molecule has 0 saturated heterocycles. The highest BCUT2D eigenvalue weighted by Gasteiger charge is 2.22. The number of hydrogen-bond donors (Lipinski definition) is 1. The summed E-state index contributed by atoms with van der Waals surface area (Å²) in [7, 11) is 0. The first-order valence-corrected chi connectivity index (χ1v) is 8.93. The van der Waals surface area contributed by atoms with Gasteiger partial charge in [-0.15, -0.1) is 0 Å². The topological polar surface area (TPSA) is 12.0 Å². The van der Waals surface area contributed by atoms with Gasteiger partial charge >= 0.3 is 0 Å². The van der Waals surface area contributed by atoms with Gasteiger partial charge in [0.1, 0.15) is 0 Å². The van der Waals surface area contributed by atoms with Gasteiger partial charge < -0.3 is 5.32 Å². The first kappa shape index (κ1) is 16.5. The highest BCUT2D eigenvalue weighted by Crippen LogP contribution is 2.30. The predicted molar refractivity (Wildman–Crippen MR) is 92.7 cm³/mol. The lowest BCUT2D eigenvalue weighted by Crippen LogP contribution is -2.32. The van der Waals surface area contributed by atoms with Gasteiger partial charge in [0.25, 0.3) is 0 Å². The second kappa shape index (κ2) is 7.98. The van der Waals surface area contributed by atoms with Crippen LogP contribution in [-0.2, 0) is 6.42 Å². The third-order valence-corrected chi connectivity index (χ3v) is 4.90. The Balaban J connectivity index is 1.93. The Morgan fingerprint density at radius 3 is 2.76 bits per heavy atom. The molecule has 0 fully saturated rings. The molecule has 0 radical (unpaired) electrons. The Morgan fingerprint density at radius 2 is 1.95 bits per heavy atom. The van der Waals surface area contributed by atoms with Crippen LogP contribution < -0.4 is 5.32 Å². The van der Waals surface area contributed by atoms with E-state index in [-0.39, 0.29) is 0 Å². The van der Waals surface area contributed by atoms with Gasteiger partial charge in [-0.1, -0.05) is 70.7 Å². The Bertz CT molecular complexity index is 422. The fourth-order valence-electron chi connectivity index (χ4n) is 3.47. The largest absolute Gasteiger partial charge is 0.309 e. The summed E-state index contributed by atoms with van der Waals surface area (Å²) in [4.78, 5) is 0. The van der Waals surface area contributed by atoms with E-state index < -0.39 is 0 Å². The average Bonchev–Trinajstić information content (AvgIpc) is 2.68. The van der Waals surface area contributed by atoms with E-state index in [4.69, 9.17) is 0 Å². The van der Waals surface area contributed by atoms with Crippen molar-refractivity contribution in [1.82, 2.24) is 5.32 Å². The van der Waals surface area contributed by atoms with E-state index in [9.17, 15) is 0 Å². The minimum absolute atomic E-state index is 0.413. The molecular weight excluding hydrogens is 254 g/mol. The third-order valence-electron chi connectivity index (χ3n) is 4.90. The predicted octanol–water partition coefficient (Wildman–Crippen LogP) is 5.65. The Morgan fingerprint density at radius 1 is 1.14 bits per heavy atom. The van der Waals surface area contributed by atoms with Crippen molar-refractivity contribution in [3.63, 3.8) is 0 Å². The molecule has 1 aliphatic rings. The maximum absolute atomic E-state index is 3.88. The molecule has 0 spiro atoms. The number of aryl methyl sites for hydroxylation is 1. The van der Waals surface area contributed by atoms with Crippen LogP contribution in [0.4, 0.5) is 0 Å². The van der Waals surface area contributed by atoms with Gasteiger partial charge in [-0.05, 0) is 42.2 Å². The van der Waals surface area contributed by atoms with Crippen molar-refractivity contribution < 1.29 is 0 Å². The maximum atomic E-state index is 3.88. The minimum atomic E-state index is 0.413. The first-order chi connectivity index (χ1) is 10.1. The van der Waals surface area contributed by atoms with E-state index in [0.717, 1.165) is 6.54 Å². The molecule has 1 unspecified atom stereocenters. The average molecular weight is 287 g/mol. The standard InChI is InChI=1S/C20H33N/c1-4-5-10-15-20(2,3)16-21-19-14-9-7-12-17-11-6-8-13-18(17)19/h6,8,11,13,19,21H,4-5,7,9-10,12,14-16H2,1-3H3. The van der Waals surface area contributed by atoms with E-state index in [1.54, 1.807) is 11.1 Å². The van der Waals surface area contributed by atoms with E-state index >= 15 is 0 Å². The van der Waals surface area contributed by atoms with Crippen LogP contribution in [0.3, 0.4) is 0 Å². The number of unbranched alkanes of at least 4 members (excludes halogenated alkanes) is 2. The SMILES string of the molecule is CCCCCC(C)(C)CNC1CCCCc2ccccc21. The zero-order valence-electron chi connectivity index (χ0n) is 14.3. The normalized spacial score (nSPS) is 19.1. The van der Waals surface area contributed by atoms with Crippen molar-refractivity contribution in [2.24, 2.45) is 5.41 Å². The Labute approximate surface area is 131 Å². The lowest BCUT2D eigenvalue weighted by molar-refractivity contribution is 0.283. The number of rotatable bonds is 7. The molecule has 21 heavy (non-hydrogen) atoms. The van der Waals surface area contributed by atoms with Gasteiger partial charge in [0.05, 0.1) is 0 Å². The summed E-state index contributed by atoms with van der Waals surface area (Å²) in [6, 6.07) is 9.61. The van der Waals surface area contributed by atoms with Crippen molar-refractivity contribution in [2.45, 2.75) is 78.2 Å². The maximum Gasteiger partial charge on any atom is 0.0323 e. The lowest BCUT2D eigenvalue weighted by Gasteiger charge is -2.29. The zero-order valence-corrected chi connectivity index (χ0v) is 14.3. The molecular formula is C20H33N. The summed E-state index contributed by atoms with van der Waals surface area (Å²) in [5.74, 6) is 0. The van der Waals surface area contributed by atoms with E-state index in [1.165, 1.54) is 51.4 Å². The summed E-state index contributed by atoms with van der Waals surface area (Å²) in [5, 5.41) is 3.88.